The van der Waals surface area contributed by atoms with Crippen molar-refractivity contribution in [2.24, 2.45) is 12.8 Å². The predicted octanol–water partition coefficient (Wildman–Crippen LogP) is -0.756. The molecule has 2 aliphatic heterocycles. The zero-order valence-electron chi connectivity index (χ0n) is 20.8. The highest BCUT2D eigenvalue weighted by molar-refractivity contribution is 8.01. The Hall–Kier alpha value is -4.16. The Kier molecular flexibility index (Phi) is 8.90. The number of rotatable bonds is 11. The van der Waals surface area contributed by atoms with Crippen LogP contribution in [0, 0.1) is 0 Å². The Labute approximate surface area is 234 Å². The summed E-state index contributed by atoms with van der Waals surface area (Å²) in [7, 11) is 1.66. The molecule has 0 bridgehead atoms. The maximum Gasteiger partial charge on any atom is 0.411 e. The monoisotopic (exact) mass is 592 g/mol. The van der Waals surface area contributed by atoms with E-state index in [0.717, 1.165) is 0 Å². The summed E-state index contributed by atoms with van der Waals surface area (Å²) >= 11 is 2.62. The molecule has 212 valence electrons. The first-order chi connectivity index (χ1) is 19.0. The summed E-state index contributed by atoms with van der Waals surface area (Å²) in [6.45, 7) is -0.499. The molecule has 0 unspecified atom stereocenters. The molecule has 18 heteroatoms. The van der Waals surface area contributed by atoms with Gasteiger partial charge in [-0.15, -0.1) is 16.9 Å². The van der Waals surface area contributed by atoms with Gasteiger partial charge in [-0.1, -0.05) is 23.9 Å². The van der Waals surface area contributed by atoms with Crippen LogP contribution in [0.15, 0.2) is 40.7 Å². The number of nitrogens with two attached hydrogens (primary N) is 1. The molecule has 1 fully saturated rings. The number of amides is 3. The van der Waals surface area contributed by atoms with Crippen molar-refractivity contribution in [2.45, 2.75) is 29.0 Å². The lowest BCUT2D eigenvalue weighted by molar-refractivity contribution is -0.150. The van der Waals surface area contributed by atoms with Gasteiger partial charge in [0.15, 0.2) is 0 Å². The summed E-state index contributed by atoms with van der Waals surface area (Å²) in [6, 6.07) is 4.02. The molecule has 16 nitrogen and oxygen atoms in total. The third kappa shape index (κ3) is 6.52. The lowest BCUT2D eigenvalue weighted by Crippen LogP contribution is -2.70. The van der Waals surface area contributed by atoms with Crippen LogP contribution in [0.25, 0.3) is 0 Å². The van der Waals surface area contributed by atoms with Crippen LogP contribution in [0.1, 0.15) is 5.56 Å². The van der Waals surface area contributed by atoms with E-state index in [1.165, 1.54) is 45.2 Å². The van der Waals surface area contributed by atoms with Gasteiger partial charge in [-0.05, 0) is 33.7 Å². The minimum atomic E-state index is -1.34. The number of anilines is 1. The van der Waals surface area contributed by atoms with Crippen molar-refractivity contribution in [3.8, 4) is 0 Å². The fourth-order valence-electron chi connectivity index (χ4n) is 3.80. The van der Waals surface area contributed by atoms with Gasteiger partial charge in [0.25, 0.3) is 5.91 Å². The van der Waals surface area contributed by atoms with E-state index < -0.39 is 53.9 Å². The Morgan fingerprint density at radius 2 is 1.98 bits per heavy atom. The van der Waals surface area contributed by atoms with E-state index in [1.54, 1.807) is 19.2 Å². The van der Waals surface area contributed by atoms with E-state index >= 15 is 0 Å². The molecule has 1 aromatic carbocycles. The van der Waals surface area contributed by atoms with E-state index in [-0.39, 0.29) is 17.9 Å². The average molecular weight is 593 g/mol. The van der Waals surface area contributed by atoms with Gasteiger partial charge in [-0.25, -0.2) is 14.3 Å². The zero-order valence-corrected chi connectivity index (χ0v) is 22.5. The van der Waals surface area contributed by atoms with Crippen LogP contribution < -0.4 is 16.4 Å². The largest absolute Gasteiger partial charge is 0.480 e. The maximum absolute atomic E-state index is 12.9. The second kappa shape index (κ2) is 12.3. The number of nitrogens with one attached hydrogen (secondary N) is 2. The highest BCUT2D eigenvalue weighted by Gasteiger charge is 2.54. The number of carbonyl (C=O) groups excluding carboxylic acids is 3. The quantitative estimate of drug-likeness (QED) is 0.160. The van der Waals surface area contributed by atoms with Crippen LogP contribution in [0.4, 0.5) is 10.5 Å². The number of tetrazole rings is 1. The minimum absolute atomic E-state index is 0.0609. The lowest BCUT2D eigenvalue weighted by Gasteiger charge is -2.49. The van der Waals surface area contributed by atoms with Crippen molar-refractivity contribution in [1.82, 2.24) is 30.4 Å². The van der Waals surface area contributed by atoms with Gasteiger partial charge in [-0.3, -0.25) is 24.6 Å². The van der Waals surface area contributed by atoms with Crippen LogP contribution >= 0.6 is 23.5 Å². The van der Waals surface area contributed by atoms with Gasteiger partial charge < -0.3 is 26.0 Å². The molecule has 6 N–H and O–H groups in total. The minimum Gasteiger partial charge on any atom is -0.480 e. The van der Waals surface area contributed by atoms with Crippen LogP contribution in [0.5, 0.6) is 0 Å². The Morgan fingerprint density at radius 1 is 1.25 bits per heavy atom. The Bertz CT molecular complexity index is 1360. The number of hydrogen-bond acceptors (Lipinski definition) is 12. The molecule has 0 radical (unpaired) electrons. The van der Waals surface area contributed by atoms with Crippen molar-refractivity contribution >= 4 is 59.1 Å². The summed E-state index contributed by atoms with van der Waals surface area (Å²) < 4.78 is 6.20. The van der Waals surface area contributed by atoms with Crippen molar-refractivity contribution in [3.05, 3.63) is 41.1 Å². The van der Waals surface area contributed by atoms with Crippen LogP contribution in [-0.4, -0.2) is 101 Å². The van der Waals surface area contributed by atoms with Crippen molar-refractivity contribution in [3.63, 3.8) is 0 Å². The van der Waals surface area contributed by atoms with E-state index in [1.807, 2.05) is 0 Å². The number of aryl methyl sites for hydroxylation is 1. The van der Waals surface area contributed by atoms with Crippen molar-refractivity contribution in [1.29, 1.82) is 0 Å². The molecule has 2 aliphatic rings. The lowest BCUT2D eigenvalue weighted by atomic mass is 10.0. The predicted molar refractivity (Wildman–Crippen MR) is 140 cm³/mol. The highest BCUT2D eigenvalue weighted by atomic mass is 32.2. The van der Waals surface area contributed by atoms with Crippen LogP contribution in [0.2, 0.25) is 0 Å². The number of nitrogens with zero attached hydrogens (tertiary/aromatic N) is 5. The third-order valence-corrected chi connectivity index (χ3v) is 8.24. The van der Waals surface area contributed by atoms with Crippen LogP contribution in [-0.2, 0) is 37.4 Å². The molecule has 3 amide bonds. The van der Waals surface area contributed by atoms with E-state index in [4.69, 9.17) is 15.6 Å². The molecule has 1 aromatic heterocycles. The molecule has 0 saturated carbocycles. The van der Waals surface area contributed by atoms with Gasteiger partial charge in [-0.2, -0.15) is 0 Å². The summed E-state index contributed by atoms with van der Waals surface area (Å²) in [5.74, 6) is -2.82. The van der Waals surface area contributed by atoms with Crippen molar-refractivity contribution < 1.29 is 38.9 Å². The van der Waals surface area contributed by atoms with Gasteiger partial charge in [0, 0.05) is 24.2 Å². The number of carbonyl (C=O) groups is 5. The number of thioether (sulfide) groups is 2. The van der Waals surface area contributed by atoms with E-state index in [9.17, 15) is 29.1 Å². The number of carboxylic acids is 2. The molecular weight excluding hydrogens is 568 g/mol. The summed E-state index contributed by atoms with van der Waals surface area (Å²) in [5.41, 5.74) is 6.68. The van der Waals surface area contributed by atoms with Gasteiger partial charge in [0.05, 0.1) is 6.42 Å². The molecule has 1 saturated heterocycles. The number of β-lactam (4-membered cyclic amide) rings is 1. The Balaban J connectivity index is 1.30. The smallest absolute Gasteiger partial charge is 0.411 e. The molecule has 0 spiro atoms. The first kappa shape index (κ1) is 28.8. The number of aliphatic carboxylic acids is 2. The summed E-state index contributed by atoms with van der Waals surface area (Å²) in [6.07, 6.45) is -0.948. The van der Waals surface area contributed by atoms with Crippen LogP contribution in [0.3, 0.4) is 0 Å². The Morgan fingerprint density at radius 3 is 2.60 bits per heavy atom. The van der Waals surface area contributed by atoms with Gasteiger partial charge in [0.2, 0.25) is 11.1 Å². The number of carboxylic acid groups (broad SMARTS) is 2. The van der Waals surface area contributed by atoms with Crippen molar-refractivity contribution in [2.75, 3.05) is 23.4 Å². The molecule has 3 atom stereocenters. The first-order valence-electron chi connectivity index (χ1n) is 11.6. The first-order valence-corrected chi connectivity index (χ1v) is 13.6. The maximum atomic E-state index is 12.9. The number of hydrogen-bond donors (Lipinski definition) is 5. The number of ether oxygens (including phenoxy) is 1. The second-order valence-electron chi connectivity index (χ2n) is 8.63. The fourth-order valence-corrected chi connectivity index (χ4v) is 6.13. The molecule has 40 heavy (non-hydrogen) atoms. The third-order valence-electron chi connectivity index (χ3n) is 5.80. The van der Waals surface area contributed by atoms with Gasteiger partial charge in [0.1, 0.15) is 29.8 Å². The average Bonchev–Trinajstić information content (AvgIpc) is 3.33. The number of fused-ring (bicyclic) bond motifs is 1. The second-order valence-corrected chi connectivity index (χ2v) is 10.7. The topological polar surface area (TPSA) is 232 Å². The SMILES string of the molecule is Cn1nnnc1SCC1=C(C(=O)O)N2C(=O)[C@@H](NC(=O)Cc3ccc(NC(=O)OC[C@@H](N)C(=O)O)cc3)[C@H]2SC1. The molecule has 4 rings (SSSR count). The zero-order chi connectivity index (χ0) is 29.0. The van der Waals surface area contributed by atoms with Gasteiger partial charge >= 0.3 is 18.0 Å². The highest BCUT2D eigenvalue weighted by Crippen LogP contribution is 2.41. The number of aromatic nitrogens is 4. The van der Waals surface area contributed by atoms with E-state index in [0.29, 0.717) is 27.7 Å². The molecule has 3 heterocycles. The molecule has 0 aliphatic carbocycles. The summed E-state index contributed by atoms with van der Waals surface area (Å²) in [5, 5.41) is 34.7. The normalized spacial score (nSPS) is 18.9. The van der Waals surface area contributed by atoms with E-state index in [2.05, 4.69) is 26.2 Å². The standard InChI is InChI=1S/C22H24N8O8S2/c1-29-21(26-27-28-29)40-9-11-8-39-18-15(17(32)30(18)16(11)20(35)36)25-14(31)6-10-2-4-12(5-3-10)24-22(37)38-7-13(23)19(33)34/h2-5,13,15,18H,6-9,23H2,1H3,(H,24,37)(H,25,31)(H,33,34)(H,35,36)/t13-,15-,18-/m1/s1. The molecular formula is C22H24N8O8S2. The fraction of sp³-hybridized carbons (Fsp3) is 0.364. The number of benzene rings is 1. The molecule has 2 aromatic rings. The summed E-state index contributed by atoms with van der Waals surface area (Å²) in [4.78, 5) is 61.2.